The summed E-state index contributed by atoms with van der Waals surface area (Å²) in [5, 5.41) is 6.66. The SMILES string of the molecule is CCCNc1cccc(NCC2CC2)n1. The highest BCUT2D eigenvalue weighted by Gasteiger charge is 2.20. The minimum atomic E-state index is 0.888. The van der Waals surface area contributed by atoms with Gasteiger partial charge in [-0.2, -0.15) is 0 Å². The lowest BCUT2D eigenvalue weighted by Crippen LogP contribution is -2.07. The van der Waals surface area contributed by atoms with E-state index in [0.29, 0.717) is 0 Å². The molecular formula is C12H19N3. The first-order valence-corrected chi connectivity index (χ1v) is 5.83. The van der Waals surface area contributed by atoms with Crippen LogP contribution >= 0.6 is 0 Å². The van der Waals surface area contributed by atoms with Crippen molar-refractivity contribution in [1.82, 2.24) is 4.98 Å². The van der Waals surface area contributed by atoms with Gasteiger partial charge in [0.2, 0.25) is 0 Å². The Labute approximate surface area is 91.3 Å². The van der Waals surface area contributed by atoms with Crippen molar-refractivity contribution < 1.29 is 0 Å². The Morgan fingerprint density at radius 3 is 2.67 bits per heavy atom. The molecule has 0 atom stereocenters. The van der Waals surface area contributed by atoms with Crippen LogP contribution in [0.15, 0.2) is 18.2 Å². The number of anilines is 2. The predicted octanol–water partition coefficient (Wildman–Crippen LogP) is 2.73. The minimum Gasteiger partial charge on any atom is -0.370 e. The van der Waals surface area contributed by atoms with Gasteiger partial charge in [-0.1, -0.05) is 13.0 Å². The molecule has 0 bridgehead atoms. The molecule has 0 saturated heterocycles. The molecule has 1 saturated carbocycles. The number of aromatic nitrogens is 1. The molecule has 2 rings (SSSR count). The Morgan fingerprint density at radius 2 is 2.00 bits per heavy atom. The molecule has 0 aromatic carbocycles. The quantitative estimate of drug-likeness (QED) is 0.749. The molecule has 0 amide bonds. The van der Waals surface area contributed by atoms with Crippen LogP contribution in [0, 0.1) is 5.92 Å². The largest absolute Gasteiger partial charge is 0.370 e. The van der Waals surface area contributed by atoms with Gasteiger partial charge in [-0.25, -0.2) is 4.98 Å². The second kappa shape index (κ2) is 5.01. The van der Waals surface area contributed by atoms with E-state index in [9.17, 15) is 0 Å². The van der Waals surface area contributed by atoms with Crippen molar-refractivity contribution in [3.8, 4) is 0 Å². The van der Waals surface area contributed by atoms with Crippen molar-refractivity contribution in [2.75, 3.05) is 23.7 Å². The molecule has 1 heterocycles. The summed E-state index contributed by atoms with van der Waals surface area (Å²) in [5.41, 5.74) is 0. The normalized spacial score (nSPS) is 15.0. The van der Waals surface area contributed by atoms with E-state index < -0.39 is 0 Å². The fourth-order valence-corrected chi connectivity index (χ4v) is 1.46. The molecule has 1 aliphatic carbocycles. The van der Waals surface area contributed by atoms with Crippen LogP contribution in [-0.4, -0.2) is 18.1 Å². The maximum atomic E-state index is 4.49. The first-order chi connectivity index (χ1) is 7.38. The van der Waals surface area contributed by atoms with E-state index in [1.54, 1.807) is 0 Å². The zero-order valence-electron chi connectivity index (χ0n) is 9.29. The third kappa shape index (κ3) is 3.42. The lowest BCUT2D eigenvalue weighted by atomic mass is 10.4. The molecule has 3 nitrogen and oxygen atoms in total. The fraction of sp³-hybridized carbons (Fsp3) is 0.583. The van der Waals surface area contributed by atoms with Crippen molar-refractivity contribution in [1.29, 1.82) is 0 Å². The van der Waals surface area contributed by atoms with Crippen LogP contribution < -0.4 is 10.6 Å². The molecule has 0 aliphatic heterocycles. The second-order valence-electron chi connectivity index (χ2n) is 4.16. The van der Waals surface area contributed by atoms with Crippen molar-refractivity contribution in [2.45, 2.75) is 26.2 Å². The predicted molar refractivity (Wildman–Crippen MR) is 64.2 cm³/mol. The first-order valence-electron chi connectivity index (χ1n) is 5.83. The van der Waals surface area contributed by atoms with E-state index in [-0.39, 0.29) is 0 Å². The van der Waals surface area contributed by atoms with E-state index in [1.165, 1.54) is 12.8 Å². The van der Waals surface area contributed by atoms with Gasteiger partial charge in [-0.15, -0.1) is 0 Å². The standard InChI is InChI=1S/C12H19N3/c1-2-8-13-11-4-3-5-12(15-11)14-9-10-6-7-10/h3-5,10H,2,6-9H2,1H3,(H2,13,14,15). The summed E-state index contributed by atoms with van der Waals surface area (Å²) in [6.07, 6.45) is 3.88. The first kappa shape index (κ1) is 10.3. The van der Waals surface area contributed by atoms with Crippen LogP contribution in [-0.2, 0) is 0 Å². The highest BCUT2D eigenvalue weighted by molar-refractivity contribution is 5.45. The third-order valence-electron chi connectivity index (χ3n) is 2.57. The molecule has 2 N–H and O–H groups in total. The Balaban J connectivity index is 1.85. The number of nitrogens with one attached hydrogen (secondary N) is 2. The van der Waals surface area contributed by atoms with Gasteiger partial charge in [0.25, 0.3) is 0 Å². The molecule has 1 aromatic rings. The van der Waals surface area contributed by atoms with Crippen LogP contribution in [0.5, 0.6) is 0 Å². The number of pyridine rings is 1. The Kier molecular flexibility index (Phi) is 3.43. The zero-order chi connectivity index (χ0) is 10.5. The van der Waals surface area contributed by atoms with Gasteiger partial charge in [0.1, 0.15) is 11.6 Å². The monoisotopic (exact) mass is 205 g/mol. The Morgan fingerprint density at radius 1 is 1.27 bits per heavy atom. The average Bonchev–Trinajstić information content (AvgIpc) is 3.08. The van der Waals surface area contributed by atoms with E-state index >= 15 is 0 Å². The summed E-state index contributed by atoms with van der Waals surface area (Å²) in [6, 6.07) is 6.08. The molecule has 1 fully saturated rings. The highest BCUT2D eigenvalue weighted by atomic mass is 15.1. The fourth-order valence-electron chi connectivity index (χ4n) is 1.46. The molecule has 82 valence electrons. The molecule has 1 aromatic heterocycles. The lowest BCUT2D eigenvalue weighted by molar-refractivity contribution is 0.882. The summed E-state index contributed by atoms with van der Waals surface area (Å²) in [6.45, 7) is 4.21. The van der Waals surface area contributed by atoms with E-state index in [4.69, 9.17) is 0 Å². The second-order valence-corrected chi connectivity index (χ2v) is 4.16. The van der Waals surface area contributed by atoms with Gasteiger partial charge in [0, 0.05) is 13.1 Å². The molecule has 1 aliphatic rings. The number of nitrogens with zero attached hydrogens (tertiary/aromatic N) is 1. The molecule has 15 heavy (non-hydrogen) atoms. The van der Waals surface area contributed by atoms with Gasteiger partial charge in [0.05, 0.1) is 0 Å². The summed E-state index contributed by atoms with van der Waals surface area (Å²) in [5.74, 6) is 2.85. The van der Waals surface area contributed by atoms with Crippen LogP contribution in [0.1, 0.15) is 26.2 Å². The van der Waals surface area contributed by atoms with Crippen molar-refractivity contribution in [3.05, 3.63) is 18.2 Å². The van der Waals surface area contributed by atoms with Crippen molar-refractivity contribution in [2.24, 2.45) is 5.92 Å². The Hall–Kier alpha value is -1.25. The van der Waals surface area contributed by atoms with E-state index in [0.717, 1.165) is 37.1 Å². The van der Waals surface area contributed by atoms with Gasteiger partial charge in [0.15, 0.2) is 0 Å². The van der Waals surface area contributed by atoms with Gasteiger partial charge >= 0.3 is 0 Å². The zero-order valence-corrected chi connectivity index (χ0v) is 9.29. The summed E-state index contributed by atoms with van der Waals surface area (Å²) in [4.78, 5) is 4.49. The van der Waals surface area contributed by atoms with E-state index in [2.05, 4.69) is 22.5 Å². The Bertz CT molecular complexity index is 307. The summed E-state index contributed by atoms with van der Waals surface area (Å²) < 4.78 is 0. The molecule has 3 heteroatoms. The van der Waals surface area contributed by atoms with Crippen molar-refractivity contribution >= 4 is 11.6 Å². The minimum absolute atomic E-state index is 0.888. The van der Waals surface area contributed by atoms with Crippen LogP contribution in [0.4, 0.5) is 11.6 Å². The summed E-state index contributed by atoms with van der Waals surface area (Å²) in [7, 11) is 0. The van der Waals surface area contributed by atoms with Crippen LogP contribution in [0.25, 0.3) is 0 Å². The smallest absolute Gasteiger partial charge is 0.128 e. The van der Waals surface area contributed by atoms with Crippen LogP contribution in [0.2, 0.25) is 0 Å². The van der Waals surface area contributed by atoms with Gasteiger partial charge in [-0.05, 0) is 37.3 Å². The molecule has 0 unspecified atom stereocenters. The summed E-state index contributed by atoms with van der Waals surface area (Å²) >= 11 is 0. The maximum absolute atomic E-state index is 4.49. The molecule has 0 spiro atoms. The maximum Gasteiger partial charge on any atom is 0.128 e. The molecular weight excluding hydrogens is 186 g/mol. The lowest BCUT2D eigenvalue weighted by Gasteiger charge is -2.07. The highest BCUT2D eigenvalue weighted by Crippen LogP contribution is 2.28. The van der Waals surface area contributed by atoms with Gasteiger partial charge < -0.3 is 10.6 Å². The van der Waals surface area contributed by atoms with Crippen LogP contribution in [0.3, 0.4) is 0 Å². The topological polar surface area (TPSA) is 37.0 Å². The van der Waals surface area contributed by atoms with Crippen molar-refractivity contribution in [3.63, 3.8) is 0 Å². The number of rotatable bonds is 6. The number of hydrogen-bond acceptors (Lipinski definition) is 3. The van der Waals surface area contributed by atoms with Gasteiger partial charge in [-0.3, -0.25) is 0 Å². The molecule has 0 radical (unpaired) electrons. The average molecular weight is 205 g/mol. The number of hydrogen-bond donors (Lipinski definition) is 2. The van der Waals surface area contributed by atoms with E-state index in [1.807, 2.05) is 18.2 Å². The third-order valence-corrected chi connectivity index (χ3v) is 2.57.